The molecule has 2 rings (SSSR count). The predicted octanol–water partition coefficient (Wildman–Crippen LogP) is 1.91. The number of hydrogen-bond donors (Lipinski definition) is 1. The maximum absolute atomic E-state index is 12.8. The number of benzene rings is 1. The molecule has 100 valence electrons. The molecule has 0 saturated carbocycles. The van der Waals surface area contributed by atoms with Gasteiger partial charge in [-0.25, -0.2) is 12.8 Å². The minimum atomic E-state index is -2.80. The first kappa shape index (κ1) is 13.5. The third kappa shape index (κ3) is 3.53. The zero-order valence-corrected chi connectivity index (χ0v) is 11.2. The number of sulfone groups is 1. The first-order valence-electron chi connectivity index (χ1n) is 6.15. The summed E-state index contributed by atoms with van der Waals surface area (Å²) in [5.74, 6) is 0.561. The molecule has 1 aromatic rings. The van der Waals surface area contributed by atoms with Crippen LogP contribution in [-0.4, -0.2) is 26.5 Å². The number of hydrogen-bond acceptors (Lipinski definition) is 3. The molecule has 1 saturated heterocycles. The van der Waals surface area contributed by atoms with Gasteiger partial charge in [-0.2, -0.15) is 0 Å². The Balaban J connectivity index is 1.85. The minimum Gasteiger partial charge on any atom is -0.310 e. The van der Waals surface area contributed by atoms with Gasteiger partial charge in [0.15, 0.2) is 9.84 Å². The fraction of sp³-hybridized carbons (Fsp3) is 0.538. The van der Waals surface area contributed by atoms with E-state index in [1.54, 1.807) is 12.1 Å². The number of halogens is 1. The molecule has 0 radical (unpaired) electrons. The molecule has 1 fully saturated rings. The van der Waals surface area contributed by atoms with E-state index >= 15 is 0 Å². The Kier molecular flexibility index (Phi) is 4.02. The molecule has 18 heavy (non-hydrogen) atoms. The molecule has 0 aliphatic carbocycles. The summed E-state index contributed by atoms with van der Waals surface area (Å²) in [7, 11) is -2.80. The van der Waals surface area contributed by atoms with Crippen molar-refractivity contribution in [2.75, 3.05) is 18.1 Å². The molecular formula is C13H18FNO2S. The fourth-order valence-corrected chi connectivity index (χ4v) is 4.11. The van der Waals surface area contributed by atoms with Crippen molar-refractivity contribution in [1.29, 1.82) is 0 Å². The standard InChI is InChI=1S/C13H18FNO2S/c1-10(12-2-4-13(14)5-3-12)15-8-11-6-7-18(16,17)9-11/h2-5,10-11,15H,6-9H2,1H3. The summed E-state index contributed by atoms with van der Waals surface area (Å²) < 4.78 is 35.4. The van der Waals surface area contributed by atoms with Gasteiger partial charge < -0.3 is 5.32 Å². The highest BCUT2D eigenvalue weighted by Crippen LogP contribution is 2.19. The zero-order valence-electron chi connectivity index (χ0n) is 10.4. The van der Waals surface area contributed by atoms with Crippen LogP contribution in [0, 0.1) is 11.7 Å². The van der Waals surface area contributed by atoms with E-state index in [-0.39, 0.29) is 23.5 Å². The highest BCUT2D eigenvalue weighted by atomic mass is 32.2. The molecule has 1 aliphatic heterocycles. The first-order chi connectivity index (χ1) is 8.46. The SMILES string of the molecule is CC(NCC1CCS(=O)(=O)C1)c1ccc(F)cc1. The maximum Gasteiger partial charge on any atom is 0.150 e. The molecule has 3 nitrogen and oxygen atoms in total. The van der Waals surface area contributed by atoms with Crippen LogP contribution < -0.4 is 5.32 Å². The van der Waals surface area contributed by atoms with Crippen LogP contribution in [0.15, 0.2) is 24.3 Å². The summed E-state index contributed by atoms with van der Waals surface area (Å²) in [4.78, 5) is 0. The summed E-state index contributed by atoms with van der Waals surface area (Å²) in [5.41, 5.74) is 1.01. The third-order valence-electron chi connectivity index (χ3n) is 3.41. The Hall–Kier alpha value is -0.940. The summed E-state index contributed by atoms with van der Waals surface area (Å²) >= 11 is 0. The van der Waals surface area contributed by atoms with Gasteiger partial charge in [-0.3, -0.25) is 0 Å². The molecule has 0 aromatic heterocycles. The van der Waals surface area contributed by atoms with Gasteiger partial charge in [0, 0.05) is 6.04 Å². The lowest BCUT2D eigenvalue weighted by Gasteiger charge is -2.16. The molecule has 1 aromatic carbocycles. The van der Waals surface area contributed by atoms with Gasteiger partial charge in [0.2, 0.25) is 0 Å². The molecule has 5 heteroatoms. The van der Waals surface area contributed by atoms with Gasteiger partial charge in [0.05, 0.1) is 11.5 Å². The number of rotatable bonds is 4. The number of nitrogens with one attached hydrogen (secondary N) is 1. The summed E-state index contributed by atoms with van der Waals surface area (Å²) in [5, 5.41) is 3.31. The van der Waals surface area contributed by atoms with E-state index in [1.807, 2.05) is 6.92 Å². The van der Waals surface area contributed by atoms with Crippen molar-refractivity contribution in [2.24, 2.45) is 5.92 Å². The second-order valence-corrected chi connectivity index (χ2v) is 7.18. The van der Waals surface area contributed by atoms with Gasteiger partial charge in [-0.1, -0.05) is 12.1 Å². The third-order valence-corrected chi connectivity index (χ3v) is 5.25. The Bertz CT molecular complexity index is 498. The van der Waals surface area contributed by atoms with Crippen LogP contribution in [0.1, 0.15) is 24.9 Å². The van der Waals surface area contributed by atoms with E-state index in [0.29, 0.717) is 12.3 Å². The highest BCUT2D eigenvalue weighted by Gasteiger charge is 2.27. The average molecular weight is 271 g/mol. The predicted molar refractivity (Wildman–Crippen MR) is 69.6 cm³/mol. The average Bonchev–Trinajstić information content (AvgIpc) is 2.67. The van der Waals surface area contributed by atoms with Gasteiger partial charge in [-0.05, 0) is 43.5 Å². The quantitative estimate of drug-likeness (QED) is 0.910. The van der Waals surface area contributed by atoms with E-state index in [1.165, 1.54) is 12.1 Å². The lowest BCUT2D eigenvalue weighted by Crippen LogP contribution is -2.26. The van der Waals surface area contributed by atoms with Crippen molar-refractivity contribution in [3.8, 4) is 0 Å². The molecular weight excluding hydrogens is 253 g/mol. The largest absolute Gasteiger partial charge is 0.310 e. The molecule has 1 heterocycles. The van der Waals surface area contributed by atoms with Crippen LogP contribution in [0.2, 0.25) is 0 Å². The minimum absolute atomic E-state index is 0.105. The molecule has 2 unspecified atom stereocenters. The molecule has 1 N–H and O–H groups in total. The summed E-state index contributed by atoms with van der Waals surface area (Å²) in [6, 6.07) is 6.48. The van der Waals surface area contributed by atoms with Crippen LogP contribution >= 0.6 is 0 Å². The van der Waals surface area contributed by atoms with E-state index in [2.05, 4.69) is 5.32 Å². The highest BCUT2D eigenvalue weighted by molar-refractivity contribution is 7.91. The van der Waals surface area contributed by atoms with Gasteiger partial charge in [-0.15, -0.1) is 0 Å². The van der Waals surface area contributed by atoms with Gasteiger partial charge in [0.25, 0.3) is 0 Å². The molecule has 0 amide bonds. The maximum atomic E-state index is 12.8. The molecule has 0 spiro atoms. The monoisotopic (exact) mass is 271 g/mol. The fourth-order valence-electron chi connectivity index (χ4n) is 2.25. The lowest BCUT2D eigenvalue weighted by atomic mass is 10.1. The Morgan fingerprint density at radius 2 is 2.06 bits per heavy atom. The van der Waals surface area contributed by atoms with Gasteiger partial charge in [0.1, 0.15) is 5.82 Å². The van der Waals surface area contributed by atoms with Crippen LogP contribution in [0.3, 0.4) is 0 Å². The van der Waals surface area contributed by atoms with Crippen LogP contribution in [0.25, 0.3) is 0 Å². The van der Waals surface area contributed by atoms with Crippen LogP contribution in [0.4, 0.5) is 4.39 Å². The Labute approximate surface area is 107 Å². The Morgan fingerprint density at radius 1 is 1.39 bits per heavy atom. The lowest BCUT2D eigenvalue weighted by molar-refractivity contribution is 0.476. The van der Waals surface area contributed by atoms with Crippen molar-refractivity contribution >= 4 is 9.84 Å². The Morgan fingerprint density at radius 3 is 2.61 bits per heavy atom. The molecule has 2 atom stereocenters. The van der Waals surface area contributed by atoms with Crippen LogP contribution in [0.5, 0.6) is 0 Å². The summed E-state index contributed by atoms with van der Waals surface area (Å²) in [6.07, 6.45) is 0.742. The smallest absolute Gasteiger partial charge is 0.150 e. The topological polar surface area (TPSA) is 46.2 Å². The zero-order chi connectivity index (χ0) is 13.2. The summed E-state index contributed by atoms with van der Waals surface area (Å²) in [6.45, 7) is 2.69. The van der Waals surface area contributed by atoms with Gasteiger partial charge >= 0.3 is 0 Å². The van der Waals surface area contributed by atoms with Crippen molar-refractivity contribution in [2.45, 2.75) is 19.4 Å². The van der Waals surface area contributed by atoms with Crippen LogP contribution in [-0.2, 0) is 9.84 Å². The normalized spacial score (nSPS) is 24.0. The van der Waals surface area contributed by atoms with Crippen molar-refractivity contribution in [3.63, 3.8) is 0 Å². The van der Waals surface area contributed by atoms with Crippen molar-refractivity contribution in [1.82, 2.24) is 5.32 Å². The van der Waals surface area contributed by atoms with Crippen molar-refractivity contribution < 1.29 is 12.8 Å². The molecule has 0 bridgehead atoms. The van der Waals surface area contributed by atoms with E-state index < -0.39 is 9.84 Å². The van der Waals surface area contributed by atoms with E-state index in [9.17, 15) is 12.8 Å². The van der Waals surface area contributed by atoms with E-state index in [4.69, 9.17) is 0 Å². The molecule has 1 aliphatic rings. The second kappa shape index (κ2) is 5.36. The van der Waals surface area contributed by atoms with Crippen molar-refractivity contribution in [3.05, 3.63) is 35.6 Å². The van der Waals surface area contributed by atoms with E-state index in [0.717, 1.165) is 12.0 Å². The second-order valence-electron chi connectivity index (χ2n) is 4.95. The first-order valence-corrected chi connectivity index (χ1v) is 7.98.